The first-order valence-corrected chi connectivity index (χ1v) is 16.3. The molecule has 0 spiro atoms. The third-order valence-corrected chi connectivity index (χ3v) is 14.8. The maximum atomic E-state index is 8.03. The predicted octanol–water partition coefficient (Wildman–Crippen LogP) is 6.01. The molecule has 3 aromatic rings. The van der Waals surface area contributed by atoms with E-state index in [0.717, 1.165) is 6.16 Å². The molecule has 3 rings (SSSR count). The van der Waals surface area contributed by atoms with Crippen LogP contribution in [0.2, 0.25) is 25.7 Å². The molecule has 0 radical (unpaired) electrons. The van der Waals surface area contributed by atoms with Gasteiger partial charge in [-0.1, -0.05) is 0 Å². The molecule has 0 amide bonds. The molecule has 0 bridgehead atoms. The van der Waals surface area contributed by atoms with Gasteiger partial charge in [0, 0.05) is 0 Å². The van der Waals surface area contributed by atoms with E-state index in [9.17, 15) is 0 Å². The molecule has 0 aliphatic rings. The van der Waals surface area contributed by atoms with E-state index in [0.29, 0.717) is 0 Å². The molecular weight excluding hydrogens is 371 g/mol. The molecule has 3 heteroatoms. The van der Waals surface area contributed by atoms with Crippen LogP contribution in [0.5, 0.6) is 0 Å². The van der Waals surface area contributed by atoms with E-state index in [2.05, 4.69) is 111 Å². The molecule has 136 valence electrons. The Balaban J connectivity index is 2.35. The van der Waals surface area contributed by atoms with E-state index in [1.54, 1.807) is 0 Å². The first-order chi connectivity index (χ1) is 12.3. The fourth-order valence-corrected chi connectivity index (χ4v) is 13.8. The van der Waals surface area contributed by atoms with Gasteiger partial charge in [0.1, 0.15) is 0 Å². The SMILES string of the molecule is C[Si](C)(C)CCP(Cl)(c1ccccc1)(c1ccccc1)c1ccccc1. The molecule has 0 unspecified atom stereocenters. The Morgan fingerprint density at radius 3 is 1.19 bits per heavy atom. The van der Waals surface area contributed by atoms with Crippen LogP contribution in [-0.4, -0.2) is 14.2 Å². The molecule has 0 heterocycles. The monoisotopic (exact) mass is 398 g/mol. The molecule has 3 aromatic carbocycles. The summed E-state index contributed by atoms with van der Waals surface area (Å²) in [5.74, 6) is -3.04. The van der Waals surface area contributed by atoms with Crippen LogP contribution < -0.4 is 15.9 Å². The summed E-state index contributed by atoms with van der Waals surface area (Å²) in [6.07, 6.45) is 1.01. The quantitative estimate of drug-likeness (QED) is 0.352. The van der Waals surface area contributed by atoms with Crippen molar-refractivity contribution in [1.82, 2.24) is 0 Å². The molecule has 0 fully saturated rings. The zero-order valence-corrected chi connectivity index (χ0v) is 18.6. The number of halogens is 1. The second-order valence-corrected chi connectivity index (χ2v) is 20.4. The van der Waals surface area contributed by atoms with E-state index in [1.807, 2.05) is 0 Å². The summed E-state index contributed by atoms with van der Waals surface area (Å²) >= 11 is 8.03. The molecule has 0 saturated heterocycles. The Morgan fingerprint density at radius 1 is 0.615 bits per heavy atom. The van der Waals surface area contributed by atoms with Crippen LogP contribution in [0.25, 0.3) is 0 Å². The fraction of sp³-hybridized carbons (Fsp3) is 0.217. The van der Waals surface area contributed by atoms with Crippen molar-refractivity contribution in [3.05, 3.63) is 91.0 Å². The van der Waals surface area contributed by atoms with E-state index in [1.165, 1.54) is 22.0 Å². The Morgan fingerprint density at radius 2 is 0.923 bits per heavy atom. The minimum atomic E-state index is -3.04. The van der Waals surface area contributed by atoms with Gasteiger partial charge in [0.15, 0.2) is 0 Å². The van der Waals surface area contributed by atoms with Gasteiger partial charge in [0.2, 0.25) is 0 Å². The van der Waals surface area contributed by atoms with Crippen LogP contribution in [0, 0.1) is 0 Å². The van der Waals surface area contributed by atoms with Crippen molar-refractivity contribution in [3.63, 3.8) is 0 Å². The van der Waals surface area contributed by atoms with Gasteiger partial charge in [-0.05, 0) is 0 Å². The second kappa shape index (κ2) is 7.31. The van der Waals surface area contributed by atoms with Crippen molar-refractivity contribution in [2.24, 2.45) is 0 Å². The number of hydrogen-bond donors (Lipinski definition) is 0. The normalized spacial score (nSPS) is 13.8. The van der Waals surface area contributed by atoms with Crippen LogP contribution in [0.1, 0.15) is 0 Å². The zero-order valence-electron chi connectivity index (χ0n) is 15.9. The van der Waals surface area contributed by atoms with Gasteiger partial charge in [-0.3, -0.25) is 0 Å². The first-order valence-electron chi connectivity index (χ1n) is 9.24. The molecule has 26 heavy (non-hydrogen) atoms. The molecule has 0 aliphatic heterocycles. The zero-order chi connectivity index (χ0) is 18.7. The Kier molecular flexibility index (Phi) is 5.44. The van der Waals surface area contributed by atoms with Crippen LogP contribution in [-0.2, 0) is 0 Å². The van der Waals surface area contributed by atoms with Crippen molar-refractivity contribution in [3.8, 4) is 0 Å². The number of rotatable bonds is 6. The Labute approximate surface area is 164 Å². The number of benzene rings is 3. The molecule has 0 nitrogen and oxygen atoms in total. The van der Waals surface area contributed by atoms with Crippen molar-refractivity contribution in [1.29, 1.82) is 0 Å². The third-order valence-electron chi connectivity index (χ3n) is 5.17. The van der Waals surface area contributed by atoms with Crippen LogP contribution in [0.3, 0.4) is 0 Å². The van der Waals surface area contributed by atoms with E-state index in [-0.39, 0.29) is 0 Å². The third kappa shape index (κ3) is 3.54. The van der Waals surface area contributed by atoms with E-state index >= 15 is 0 Å². The van der Waals surface area contributed by atoms with Gasteiger partial charge in [-0.15, -0.1) is 0 Å². The number of hydrogen-bond acceptors (Lipinski definition) is 0. The molecule has 0 atom stereocenters. The first kappa shape index (κ1) is 19.4. The molecule has 0 aliphatic carbocycles. The van der Waals surface area contributed by atoms with Crippen molar-refractivity contribution < 1.29 is 0 Å². The average molecular weight is 399 g/mol. The van der Waals surface area contributed by atoms with Crippen LogP contribution >= 0.6 is 17.2 Å². The summed E-state index contributed by atoms with van der Waals surface area (Å²) in [5, 5.41) is 3.82. The predicted molar refractivity (Wildman–Crippen MR) is 124 cm³/mol. The second-order valence-electron chi connectivity index (χ2n) is 8.22. The van der Waals surface area contributed by atoms with Crippen LogP contribution in [0.4, 0.5) is 0 Å². The summed E-state index contributed by atoms with van der Waals surface area (Å²) < 4.78 is 0. The maximum absolute atomic E-state index is 8.03. The molecule has 0 N–H and O–H groups in total. The van der Waals surface area contributed by atoms with Gasteiger partial charge in [0.25, 0.3) is 0 Å². The van der Waals surface area contributed by atoms with Gasteiger partial charge >= 0.3 is 164 Å². The van der Waals surface area contributed by atoms with Gasteiger partial charge in [-0.2, -0.15) is 0 Å². The topological polar surface area (TPSA) is 0 Å². The van der Waals surface area contributed by atoms with Crippen LogP contribution in [0.15, 0.2) is 91.0 Å². The standard InChI is InChI=1S/C23H28ClPSi/c1-26(2,3)20-19-25(24,21-13-7-4-8-14-21,22-15-9-5-10-16-22)23-17-11-6-12-18-23/h4-18H,19-20H2,1-3H3. The van der Waals surface area contributed by atoms with Crippen molar-refractivity contribution in [2.45, 2.75) is 25.7 Å². The summed E-state index contributed by atoms with van der Waals surface area (Å²) in [7, 11) is -1.26. The van der Waals surface area contributed by atoms with Gasteiger partial charge in [0.05, 0.1) is 0 Å². The summed E-state index contributed by atoms with van der Waals surface area (Å²) in [5.41, 5.74) is 0. The molecule has 0 saturated carbocycles. The summed E-state index contributed by atoms with van der Waals surface area (Å²) in [4.78, 5) is 0. The Bertz CT molecular complexity index is 742. The average Bonchev–Trinajstić information content (AvgIpc) is 2.68. The summed E-state index contributed by atoms with van der Waals surface area (Å²) in [6.45, 7) is 7.31. The van der Waals surface area contributed by atoms with E-state index < -0.39 is 14.0 Å². The Hall–Kier alpha value is -1.40. The van der Waals surface area contributed by atoms with Crippen molar-refractivity contribution >= 4 is 41.2 Å². The molecule has 0 aromatic heterocycles. The fourth-order valence-electron chi connectivity index (χ4n) is 3.60. The molecular formula is C23H28ClPSi. The summed E-state index contributed by atoms with van der Waals surface area (Å²) in [6, 6.07) is 33.6. The van der Waals surface area contributed by atoms with Crippen molar-refractivity contribution in [2.75, 3.05) is 6.16 Å². The van der Waals surface area contributed by atoms with Gasteiger partial charge in [-0.25, -0.2) is 0 Å². The van der Waals surface area contributed by atoms with E-state index in [4.69, 9.17) is 11.2 Å². The minimum absolute atomic E-state index is 1.01. The van der Waals surface area contributed by atoms with Gasteiger partial charge < -0.3 is 0 Å².